The van der Waals surface area contributed by atoms with Gasteiger partial charge in [-0.2, -0.15) is 0 Å². The van der Waals surface area contributed by atoms with Crippen LogP contribution in [-0.4, -0.2) is 39.9 Å². The lowest BCUT2D eigenvalue weighted by Gasteiger charge is -2.29. The van der Waals surface area contributed by atoms with E-state index in [9.17, 15) is 29.4 Å². The fourth-order valence-electron chi connectivity index (χ4n) is 5.97. The number of amides is 3. The predicted molar refractivity (Wildman–Crippen MR) is 134 cm³/mol. The predicted octanol–water partition coefficient (Wildman–Crippen LogP) is 2.19. The van der Waals surface area contributed by atoms with Crippen LogP contribution in [0.2, 0.25) is 0 Å². The third kappa shape index (κ3) is 3.37. The maximum absolute atomic E-state index is 14.0. The summed E-state index contributed by atoms with van der Waals surface area (Å²) in [6.45, 7) is 1.27. The molecule has 3 aliphatic heterocycles. The first-order chi connectivity index (χ1) is 18.2. The van der Waals surface area contributed by atoms with Crippen molar-refractivity contribution in [2.24, 2.45) is 11.8 Å². The van der Waals surface area contributed by atoms with E-state index in [0.717, 1.165) is 4.90 Å². The van der Waals surface area contributed by atoms with Crippen LogP contribution in [0.4, 0.5) is 11.4 Å². The zero-order chi connectivity index (χ0) is 26.8. The topological polar surface area (TPSA) is 145 Å². The Morgan fingerprint density at radius 1 is 0.974 bits per heavy atom. The second kappa shape index (κ2) is 8.42. The number of carbonyl (C=O) groups is 4. The molecule has 3 amide bonds. The Hall–Kier alpha value is -4.70. The zero-order valence-corrected chi connectivity index (χ0v) is 20.2. The molecule has 3 aliphatic rings. The Bertz CT molecular complexity index is 1520. The highest BCUT2D eigenvalue weighted by Gasteiger charge is 2.70. The number of imide groups is 1. The van der Waals surface area contributed by atoms with Gasteiger partial charge in [0.05, 0.1) is 17.5 Å². The molecule has 0 saturated carbocycles. The van der Waals surface area contributed by atoms with Crippen LogP contribution in [0.15, 0.2) is 66.7 Å². The average molecular weight is 514 g/mol. The number of hydrogen-bond acceptors (Lipinski definition) is 8. The molecule has 0 aliphatic carbocycles. The molecule has 10 heteroatoms. The fraction of sp³-hybridized carbons (Fsp3) is 0.214. The first-order valence-corrected chi connectivity index (χ1v) is 12.1. The third-order valence-corrected chi connectivity index (χ3v) is 7.47. The molecule has 4 N–H and O–H groups in total. The van der Waals surface area contributed by atoms with E-state index in [-0.39, 0.29) is 23.7 Å². The molecule has 0 bridgehead atoms. The standard InChI is InChI=1S/C28H23N3O7/c1-14(32)38-17-9-7-16(8-10-17)31-25(35)23-20(12-15-6-11-21(33)22(34)13-15)30-28(24(23)26(31)36)18-4-2-3-5-19(18)29-27(28)37/h2-11,13,20,23-24,30,33-34H,12H2,1H3,(H,29,37)/t20?,23-,24+,28?/m1/s1. The molecule has 10 nitrogen and oxygen atoms in total. The molecular formula is C28H23N3O7. The zero-order valence-electron chi connectivity index (χ0n) is 20.2. The molecule has 2 unspecified atom stereocenters. The highest BCUT2D eigenvalue weighted by molar-refractivity contribution is 6.25. The Labute approximate surface area is 216 Å². The van der Waals surface area contributed by atoms with Gasteiger partial charge in [0.2, 0.25) is 17.7 Å². The maximum atomic E-state index is 14.0. The Balaban J connectivity index is 1.44. The van der Waals surface area contributed by atoms with E-state index in [1.54, 1.807) is 30.3 Å². The van der Waals surface area contributed by atoms with Crippen LogP contribution in [0.3, 0.4) is 0 Å². The normalized spacial score (nSPS) is 25.4. The van der Waals surface area contributed by atoms with Gasteiger partial charge in [-0.25, -0.2) is 4.90 Å². The number of hydrogen-bond donors (Lipinski definition) is 4. The number of phenols is 2. The molecule has 0 aromatic heterocycles. The number of aromatic hydroxyl groups is 2. The molecule has 38 heavy (non-hydrogen) atoms. The molecular weight excluding hydrogens is 490 g/mol. The van der Waals surface area contributed by atoms with Crippen molar-refractivity contribution < 1.29 is 34.1 Å². The number of esters is 1. The van der Waals surface area contributed by atoms with Crippen LogP contribution in [0, 0.1) is 11.8 Å². The van der Waals surface area contributed by atoms with Crippen LogP contribution in [-0.2, 0) is 31.1 Å². The van der Waals surface area contributed by atoms with Gasteiger partial charge < -0.3 is 20.3 Å². The van der Waals surface area contributed by atoms with E-state index < -0.39 is 47.1 Å². The van der Waals surface area contributed by atoms with Crippen molar-refractivity contribution in [1.82, 2.24) is 5.32 Å². The van der Waals surface area contributed by atoms with Crippen molar-refractivity contribution >= 4 is 35.1 Å². The van der Waals surface area contributed by atoms with E-state index >= 15 is 0 Å². The van der Waals surface area contributed by atoms with Gasteiger partial charge in [0, 0.05) is 24.2 Å². The van der Waals surface area contributed by atoms with E-state index in [1.807, 2.05) is 0 Å². The summed E-state index contributed by atoms with van der Waals surface area (Å²) in [4.78, 5) is 53.8. The largest absolute Gasteiger partial charge is 0.504 e. The summed E-state index contributed by atoms with van der Waals surface area (Å²) in [6, 6.07) is 16.8. The van der Waals surface area contributed by atoms with Crippen LogP contribution >= 0.6 is 0 Å². The minimum Gasteiger partial charge on any atom is -0.504 e. The first-order valence-electron chi connectivity index (χ1n) is 12.1. The van der Waals surface area contributed by atoms with Crippen molar-refractivity contribution in [3.63, 3.8) is 0 Å². The van der Waals surface area contributed by atoms with Gasteiger partial charge in [0.15, 0.2) is 11.5 Å². The lowest BCUT2D eigenvalue weighted by Crippen LogP contribution is -2.53. The van der Waals surface area contributed by atoms with Gasteiger partial charge in [0.1, 0.15) is 11.3 Å². The molecule has 192 valence electrons. The fourth-order valence-corrected chi connectivity index (χ4v) is 5.97. The molecule has 3 aromatic carbocycles. The van der Waals surface area contributed by atoms with Crippen molar-refractivity contribution in [3.05, 3.63) is 77.9 Å². The number of carbonyl (C=O) groups excluding carboxylic acids is 4. The number of benzene rings is 3. The lowest BCUT2D eigenvalue weighted by molar-refractivity contribution is -0.132. The Morgan fingerprint density at radius 3 is 2.42 bits per heavy atom. The smallest absolute Gasteiger partial charge is 0.308 e. The van der Waals surface area contributed by atoms with Crippen molar-refractivity contribution in [2.45, 2.75) is 24.9 Å². The first kappa shape index (κ1) is 23.7. The molecule has 4 atom stereocenters. The highest BCUT2D eigenvalue weighted by atomic mass is 16.5. The van der Waals surface area contributed by atoms with E-state index in [1.165, 1.54) is 43.3 Å². The summed E-state index contributed by atoms with van der Waals surface area (Å²) in [7, 11) is 0. The maximum Gasteiger partial charge on any atom is 0.308 e. The molecule has 3 heterocycles. The van der Waals surface area contributed by atoms with Crippen molar-refractivity contribution in [1.29, 1.82) is 0 Å². The average Bonchev–Trinajstić information content (AvgIpc) is 3.46. The number of phenolic OH excluding ortho intramolecular Hbond substituents is 2. The van der Waals surface area contributed by atoms with Crippen molar-refractivity contribution in [3.8, 4) is 17.2 Å². The van der Waals surface area contributed by atoms with E-state index in [4.69, 9.17) is 4.74 Å². The monoisotopic (exact) mass is 513 g/mol. The van der Waals surface area contributed by atoms with Gasteiger partial charge >= 0.3 is 5.97 Å². The van der Waals surface area contributed by atoms with Gasteiger partial charge in [0.25, 0.3) is 0 Å². The molecule has 1 spiro atoms. The quantitative estimate of drug-likeness (QED) is 0.180. The second-order valence-electron chi connectivity index (χ2n) is 9.69. The summed E-state index contributed by atoms with van der Waals surface area (Å²) >= 11 is 0. The van der Waals surface area contributed by atoms with E-state index in [0.29, 0.717) is 22.5 Å². The number of fused-ring (bicyclic) bond motifs is 4. The Morgan fingerprint density at radius 2 is 1.71 bits per heavy atom. The third-order valence-electron chi connectivity index (χ3n) is 7.47. The number of nitrogens with one attached hydrogen (secondary N) is 2. The highest BCUT2D eigenvalue weighted by Crippen LogP contribution is 2.54. The molecule has 0 radical (unpaired) electrons. The van der Waals surface area contributed by atoms with Crippen LogP contribution < -0.4 is 20.3 Å². The summed E-state index contributed by atoms with van der Waals surface area (Å²) in [6.07, 6.45) is 0.213. The lowest BCUT2D eigenvalue weighted by atomic mass is 9.76. The number of nitrogens with zero attached hydrogens (tertiary/aromatic N) is 1. The minimum absolute atomic E-state index is 0.213. The van der Waals surface area contributed by atoms with Crippen LogP contribution in [0.25, 0.3) is 0 Å². The van der Waals surface area contributed by atoms with Crippen LogP contribution in [0.5, 0.6) is 17.2 Å². The molecule has 6 rings (SSSR count). The number of ether oxygens (including phenoxy) is 1. The van der Waals surface area contributed by atoms with Crippen molar-refractivity contribution in [2.75, 3.05) is 10.2 Å². The van der Waals surface area contributed by atoms with Gasteiger partial charge in [-0.05, 0) is 54.4 Å². The number of anilines is 2. The molecule has 3 aromatic rings. The van der Waals surface area contributed by atoms with Gasteiger partial charge in [-0.15, -0.1) is 0 Å². The summed E-state index contributed by atoms with van der Waals surface area (Å²) in [5.41, 5.74) is 0.600. The number of rotatable bonds is 4. The van der Waals surface area contributed by atoms with Gasteiger partial charge in [-0.3, -0.25) is 24.5 Å². The Kier molecular flexibility index (Phi) is 5.25. The second-order valence-corrected chi connectivity index (χ2v) is 9.69. The SMILES string of the molecule is CC(=O)Oc1ccc(N2C(=O)[C@@H]3C(Cc4ccc(O)c(O)c4)NC4(C(=O)Nc5ccccc54)[C@@H]3C2=O)cc1. The summed E-state index contributed by atoms with van der Waals surface area (Å²) < 4.78 is 5.06. The number of para-hydroxylation sites is 1. The van der Waals surface area contributed by atoms with E-state index in [2.05, 4.69) is 10.6 Å². The summed E-state index contributed by atoms with van der Waals surface area (Å²) in [5.74, 6) is -4.12. The molecule has 2 saturated heterocycles. The summed E-state index contributed by atoms with van der Waals surface area (Å²) in [5, 5.41) is 25.9. The van der Waals surface area contributed by atoms with Gasteiger partial charge in [-0.1, -0.05) is 24.3 Å². The molecule has 2 fully saturated rings. The van der Waals surface area contributed by atoms with Crippen LogP contribution in [0.1, 0.15) is 18.1 Å². The minimum atomic E-state index is -1.47.